The Kier molecular flexibility index (Phi) is 3.41. The fourth-order valence-corrected chi connectivity index (χ4v) is 1.80. The van der Waals surface area contributed by atoms with Crippen LogP contribution in [0, 0.1) is 4.64 Å². The van der Waals surface area contributed by atoms with Gasteiger partial charge in [0.15, 0.2) is 0 Å². The molecular weight excluding hydrogens is 285 g/mol. The van der Waals surface area contributed by atoms with Gasteiger partial charge in [-0.3, -0.25) is 0 Å². The molecule has 0 aliphatic rings. The molecule has 0 saturated carbocycles. The standard InChI is InChI=1S/C11H6ClF3N2S/c12-7-3-1-2-6(4-7)8-5-9(18)17-10(16-8)11(13,14)15/h1-5H,(H,16,17,18). The van der Waals surface area contributed by atoms with Gasteiger partial charge in [-0.1, -0.05) is 36.0 Å². The Balaban J connectivity index is 2.59. The number of aromatic amines is 1. The molecule has 1 heterocycles. The van der Waals surface area contributed by atoms with Gasteiger partial charge in [-0.15, -0.1) is 0 Å². The maximum Gasteiger partial charge on any atom is 0.449 e. The van der Waals surface area contributed by atoms with Gasteiger partial charge in [0.05, 0.1) is 0 Å². The predicted molar refractivity (Wildman–Crippen MR) is 64.9 cm³/mol. The average molecular weight is 291 g/mol. The van der Waals surface area contributed by atoms with Gasteiger partial charge < -0.3 is 4.98 Å². The van der Waals surface area contributed by atoms with Crippen LogP contribution >= 0.6 is 23.8 Å². The quantitative estimate of drug-likeness (QED) is 0.785. The van der Waals surface area contributed by atoms with Gasteiger partial charge in [0.1, 0.15) is 4.64 Å². The van der Waals surface area contributed by atoms with E-state index in [0.29, 0.717) is 10.6 Å². The summed E-state index contributed by atoms with van der Waals surface area (Å²) >= 11 is 10.5. The molecule has 0 aliphatic carbocycles. The van der Waals surface area contributed by atoms with E-state index in [4.69, 9.17) is 23.8 Å². The zero-order chi connectivity index (χ0) is 13.3. The van der Waals surface area contributed by atoms with Crippen LogP contribution < -0.4 is 0 Å². The number of aromatic nitrogens is 2. The molecule has 1 aromatic carbocycles. The van der Waals surface area contributed by atoms with Crippen molar-refractivity contribution in [1.29, 1.82) is 0 Å². The lowest BCUT2D eigenvalue weighted by Crippen LogP contribution is -2.11. The maximum atomic E-state index is 12.6. The van der Waals surface area contributed by atoms with Crippen LogP contribution in [0.2, 0.25) is 5.02 Å². The highest BCUT2D eigenvalue weighted by Crippen LogP contribution is 2.28. The lowest BCUT2D eigenvalue weighted by atomic mass is 10.1. The van der Waals surface area contributed by atoms with E-state index in [-0.39, 0.29) is 10.3 Å². The minimum Gasteiger partial charge on any atom is -0.336 e. The van der Waals surface area contributed by atoms with Gasteiger partial charge in [-0.05, 0) is 23.8 Å². The number of rotatable bonds is 1. The van der Waals surface area contributed by atoms with Crippen molar-refractivity contribution < 1.29 is 13.2 Å². The fourth-order valence-electron chi connectivity index (χ4n) is 1.40. The molecule has 0 atom stereocenters. The van der Waals surface area contributed by atoms with E-state index in [2.05, 4.69) is 9.97 Å². The lowest BCUT2D eigenvalue weighted by molar-refractivity contribution is -0.144. The molecule has 1 aromatic heterocycles. The van der Waals surface area contributed by atoms with Crippen molar-refractivity contribution in [2.75, 3.05) is 0 Å². The molecule has 18 heavy (non-hydrogen) atoms. The van der Waals surface area contributed by atoms with Crippen LogP contribution in [0.15, 0.2) is 30.3 Å². The average Bonchev–Trinajstić information content (AvgIpc) is 2.27. The molecule has 0 radical (unpaired) electrons. The van der Waals surface area contributed by atoms with Crippen molar-refractivity contribution in [3.63, 3.8) is 0 Å². The van der Waals surface area contributed by atoms with Gasteiger partial charge >= 0.3 is 6.18 Å². The molecule has 0 amide bonds. The summed E-state index contributed by atoms with van der Waals surface area (Å²) in [6.07, 6.45) is -4.57. The Labute approximate surface area is 110 Å². The second-order valence-electron chi connectivity index (χ2n) is 3.49. The summed E-state index contributed by atoms with van der Waals surface area (Å²) in [5.41, 5.74) is 0.742. The Bertz CT molecular complexity index is 637. The first-order valence-corrected chi connectivity index (χ1v) is 5.59. The molecule has 2 nitrogen and oxygen atoms in total. The van der Waals surface area contributed by atoms with Crippen molar-refractivity contribution in [3.05, 3.63) is 45.8 Å². The first-order valence-electron chi connectivity index (χ1n) is 4.81. The van der Waals surface area contributed by atoms with Crippen LogP contribution in [-0.4, -0.2) is 9.97 Å². The normalized spacial score (nSPS) is 11.6. The van der Waals surface area contributed by atoms with Gasteiger partial charge in [-0.2, -0.15) is 13.2 Å². The van der Waals surface area contributed by atoms with Crippen LogP contribution in [0.4, 0.5) is 13.2 Å². The van der Waals surface area contributed by atoms with E-state index in [1.165, 1.54) is 6.07 Å². The van der Waals surface area contributed by atoms with E-state index in [0.717, 1.165) is 0 Å². The third-order valence-corrected chi connectivity index (χ3v) is 2.59. The van der Waals surface area contributed by atoms with E-state index >= 15 is 0 Å². The zero-order valence-corrected chi connectivity index (χ0v) is 10.3. The molecule has 94 valence electrons. The number of hydrogen-bond acceptors (Lipinski definition) is 2. The zero-order valence-electron chi connectivity index (χ0n) is 8.75. The third-order valence-electron chi connectivity index (χ3n) is 2.15. The maximum absolute atomic E-state index is 12.6. The molecule has 0 spiro atoms. The van der Waals surface area contributed by atoms with Crippen LogP contribution in [0.3, 0.4) is 0 Å². The van der Waals surface area contributed by atoms with Crippen LogP contribution in [0.1, 0.15) is 5.82 Å². The first-order chi connectivity index (χ1) is 8.36. The number of hydrogen-bond donors (Lipinski definition) is 1. The second kappa shape index (κ2) is 4.70. The van der Waals surface area contributed by atoms with Crippen LogP contribution in [0.25, 0.3) is 11.3 Å². The molecule has 0 aliphatic heterocycles. The molecule has 1 N–H and O–H groups in total. The van der Waals surface area contributed by atoms with E-state index < -0.39 is 12.0 Å². The summed E-state index contributed by atoms with van der Waals surface area (Å²) in [6, 6.07) is 7.80. The summed E-state index contributed by atoms with van der Waals surface area (Å²) in [5.74, 6) is -1.12. The van der Waals surface area contributed by atoms with Crippen molar-refractivity contribution in [2.45, 2.75) is 6.18 Å². The van der Waals surface area contributed by atoms with Gasteiger partial charge in [-0.25, -0.2) is 4.98 Å². The van der Waals surface area contributed by atoms with Gasteiger partial charge in [0, 0.05) is 10.7 Å². The van der Waals surface area contributed by atoms with E-state index in [1.807, 2.05) is 0 Å². The Morgan fingerprint density at radius 1 is 1.22 bits per heavy atom. The first kappa shape index (κ1) is 13.0. The number of H-pyrrole nitrogens is 1. The van der Waals surface area contributed by atoms with Crippen LogP contribution in [-0.2, 0) is 6.18 Å². The van der Waals surface area contributed by atoms with Gasteiger partial charge in [0.25, 0.3) is 0 Å². The molecule has 2 rings (SSSR count). The van der Waals surface area contributed by atoms with E-state index in [1.54, 1.807) is 24.3 Å². The summed E-state index contributed by atoms with van der Waals surface area (Å²) in [6.45, 7) is 0. The fraction of sp³-hybridized carbons (Fsp3) is 0.0909. The van der Waals surface area contributed by atoms with Crippen LogP contribution in [0.5, 0.6) is 0 Å². The van der Waals surface area contributed by atoms with Crippen molar-refractivity contribution in [3.8, 4) is 11.3 Å². The lowest BCUT2D eigenvalue weighted by Gasteiger charge is -2.08. The largest absolute Gasteiger partial charge is 0.449 e. The smallest absolute Gasteiger partial charge is 0.336 e. The van der Waals surface area contributed by atoms with Crippen molar-refractivity contribution >= 4 is 23.8 Å². The number of nitrogens with one attached hydrogen (secondary N) is 1. The summed E-state index contributed by atoms with van der Waals surface area (Å²) in [7, 11) is 0. The predicted octanol–water partition coefficient (Wildman–Crippen LogP) is 4.48. The summed E-state index contributed by atoms with van der Waals surface area (Å²) in [5, 5.41) is 0.428. The second-order valence-corrected chi connectivity index (χ2v) is 4.34. The molecule has 7 heteroatoms. The van der Waals surface area contributed by atoms with Gasteiger partial charge in [0.2, 0.25) is 5.82 Å². The molecular formula is C11H6ClF3N2S. The van der Waals surface area contributed by atoms with Crippen molar-refractivity contribution in [2.24, 2.45) is 0 Å². The monoisotopic (exact) mass is 290 g/mol. The number of alkyl halides is 3. The number of nitrogens with zero attached hydrogens (tertiary/aromatic N) is 1. The van der Waals surface area contributed by atoms with E-state index in [9.17, 15) is 13.2 Å². The molecule has 0 bridgehead atoms. The minimum atomic E-state index is -4.57. The summed E-state index contributed by atoms with van der Waals surface area (Å²) < 4.78 is 37.6. The SMILES string of the molecule is FC(F)(F)c1nc(=S)cc(-c2cccc(Cl)c2)[nH]1. The minimum absolute atomic E-state index is 0.129. The number of benzene rings is 1. The highest BCUT2D eigenvalue weighted by atomic mass is 35.5. The topological polar surface area (TPSA) is 28.7 Å². The highest BCUT2D eigenvalue weighted by molar-refractivity contribution is 7.71. The Hall–Kier alpha value is -1.40. The third kappa shape index (κ3) is 2.88. The number of halogens is 4. The Morgan fingerprint density at radius 3 is 2.56 bits per heavy atom. The molecule has 0 unspecified atom stereocenters. The highest BCUT2D eigenvalue weighted by Gasteiger charge is 2.34. The van der Waals surface area contributed by atoms with Crippen molar-refractivity contribution in [1.82, 2.24) is 9.97 Å². The summed E-state index contributed by atoms with van der Waals surface area (Å²) in [4.78, 5) is 5.46. The Morgan fingerprint density at radius 2 is 1.94 bits per heavy atom. The molecule has 0 fully saturated rings. The molecule has 2 aromatic rings. The molecule has 0 saturated heterocycles.